The Balaban J connectivity index is 1.70. The Bertz CT molecular complexity index is 377. The van der Waals surface area contributed by atoms with Crippen molar-refractivity contribution in [3.8, 4) is 0 Å². The monoisotopic (exact) mass is 229 g/mol. The Morgan fingerprint density at radius 1 is 1.06 bits per heavy atom. The van der Waals surface area contributed by atoms with Crippen molar-refractivity contribution in [3.63, 3.8) is 0 Å². The summed E-state index contributed by atoms with van der Waals surface area (Å²) in [6.45, 7) is 1.15. The molecule has 0 radical (unpaired) electrons. The first-order chi connectivity index (χ1) is 8.42. The summed E-state index contributed by atoms with van der Waals surface area (Å²) in [6.07, 6.45) is 11.2. The van der Waals surface area contributed by atoms with E-state index in [0.717, 1.165) is 12.5 Å². The van der Waals surface area contributed by atoms with E-state index in [9.17, 15) is 0 Å². The van der Waals surface area contributed by atoms with Crippen LogP contribution in [-0.2, 0) is 12.8 Å². The molecule has 0 atom stereocenters. The molecule has 1 heterocycles. The van der Waals surface area contributed by atoms with Gasteiger partial charge in [-0.2, -0.15) is 0 Å². The van der Waals surface area contributed by atoms with E-state index in [4.69, 9.17) is 0 Å². The molecule has 17 heavy (non-hydrogen) atoms. The van der Waals surface area contributed by atoms with Crippen molar-refractivity contribution in [1.29, 1.82) is 0 Å². The highest BCUT2D eigenvalue weighted by Gasteiger charge is 2.15. The molecule has 1 N–H and O–H groups in total. The van der Waals surface area contributed by atoms with Gasteiger partial charge in [0, 0.05) is 12.2 Å². The molecule has 0 aromatic heterocycles. The van der Waals surface area contributed by atoms with Gasteiger partial charge in [0.25, 0.3) is 0 Å². The van der Waals surface area contributed by atoms with Gasteiger partial charge in [-0.15, -0.1) is 0 Å². The minimum atomic E-state index is 0.957. The number of benzene rings is 1. The quantitative estimate of drug-likeness (QED) is 0.802. The van der Waals surface area contributed by atoms with Crippen LogP contribution in [0, 0.1) is 5.92 Å². The summed E-state index contributed by atoms with van der Waals surface area (Å²) in [7, 11) is 0. The molecule has 1 aromatic carbocycles. The number of fused-ring (bicyclic) bond motifs is 1. The van der Waals surface area contributed by atoms with Gasteiger partial charge in [0.1, 0.15) is 0 Å². The minimum Gasteiger partial charge on any atom is -0.385 e. The summed E-state index contributed by atoms with van der Waals surface area (Å²) >= 11 is 0. The number of aryl methyl sites for hydroxylation is 1. The number of hydrogen-bond donors (Lipinski definition) is 1. The van der Waals surface area contributed by atoms with Crippen molar-refractivity contribution in [2.45, 2.75) is 51.4 Å². The molecule has 1 aromatic rings. The maximum atomic E-state index is 3.49. The number of nitrogens with one attached hydrogen (secondary N) is 1. The Morgan fingerprint density at radius 3 is 2.82 bits per heavy atom. The highest BCUT2D eigenvalue weighted by atomic mass is 14.9. The second-order valence-electron chi connectivity index (χ2n) is 5.73. The molecule has 2 aliphatic rings. The Kier molecular flexibility index (Phi) is 3.35. The third-order valence-electron chi connectivity index (χ3n) is 4.36. The first-order valence-corrected chi connectivity index (χ1v) is 7.27. The summed E-state index contributed by atoms with van der Waals surface area (Å²) in [6, 6.07) is 7.09. The van der Waals surface area contributed by atoms with Gasteiger partial charge in [-0.25, -0.2) is 0 Å². The van der Waals surface area contributed by atoms with Crippen LogP contribution in [0.1, 0.15) is 49.7 Å². The molecule has 0 unspecified atom stereocenters. The van der Waals surface area contributed by atoms with E-state index < -0.39 is 0 Å². The molecule has 0 saturated heterocycles. The highest BCUT2D eigenvalue weighted by Crippen LogP contribution is 2.29. The molecule has 1 fully saturated rings. The fourth-order valence-corrected chi connectivity index (χ4v) is 3.38. The van der Waals surface area contributed by atoms with Crippen molar-refractivity contribution >= 4 is 5.69 Å². The lowest BCUT2D eigenvalue weighted by Crippen LogP contribution is -2.13. The molecule has 1 aliphatic heterocycles. The van der Waals surface area contributed by atoms with Gasteiger partial charge >= 0.3 is 0 Å². The molecule has 92 valence electrons. The van der Waals surface area contributed by atoms with Crippen molar-refractivity contribution in [1.82, 2.24) is 0 Å². The lowest BCUT2D eigenvalue weighted by molar-refractivity contribution is 0.356. The maximum absolute atomic E-state index is 3.49. The second kappa shape index (κ2) is 5.12. The van der Waals surface area contributed by atoms with Gasteiger partial charge in [-0.1, -0.05) is 44.2 Å². The van der Waals surface area contributed by atoms with E-state index >= 15 is 0 Å². The standard InChI is InChI=1S/C16H23N/c1-2-5-13(6-3-1)11-14-8-9-16-15(12-14)7-4-10-17-16/h8-9,12-13,17H,1-7,10-11H2. The Hall–Kier alpha value is -0.980. The predicted molar refractivity (Wildman–Crippen MR) is 73.5 cm³/mol. The zero-order chi connectivity index (χ0) is 11.5. The van der Waals surface area contributed by atoms with Gasteiger partial charge < -0.3 is 5.32 Å². The summed E-state index contributed by atoms with van der Waals surface area (Å²) in [4.78, 5) is 0. The molecule has 1 nitrogen and oxygen atoms in total. The van der Waals surface area contributed by atoms with Crippen LogP contribution >= 0.6 is 0 Å². The van der Waals surface area contributed by atoms with Crippen LogP contribution in [0.2, 0.25) is 0 Å². The van der Waals surface area contributed by atoms with E-state index in [1.54, 1.807) is 11.1 Å². The summed E-state index contributed by atoms with van der Waals surface area (Å²) in [5.41, 5.74) is 4.49. The average molecular weight is 229 g/mol. The van der Waals surface area contributed by atoms with Crippen LogP contribution in [0.15, 0.2) is 18.2 Å². The van der Waals surface area contributed by atoms with Crippen molar-refractivity contribution in [3.05, 3.63) is 29.3 Å². The van der Waals surface area contributed by atoms with Crippen LogP contribution in [0.3, 0.4) is 0 Å². The normalized spacial score (nSPS) is 20.7. The SMILES string of the molecule is c1cc2c(cc1CC1CCCCC1)CCCN2. The van der Waals surface area contributed by atoms with Gasteiger partial charge in [0.05, 0.1) is 0 Å². The van der Waals surface area contributed by atoms with Gasteiger partial charge in [0.15, 0.2) is 0 Å². The fourth-order valence-electron chi connectivity index (χ4n) is 3.38. The van der Waals surface area contributed by atoms with Gasteiger partial charge in [-0.3, -0.25) is 0 Å². The topological polar surface area (TPSA) is 12.0 Å². The summed E-state index contributed by atoms with van der Waals surface area (Å²) < 4.78 is 0. The second-order valence-corrected chi connectivity index (χ2v) is 5.73. The van der Waals surface area contributed by atoms with E-state index in [0.29, 0.717) is 0 Å². The predicted octanol–water partition coefficient (Wildman–Crippen LogP) is 4.17. The molecule has 1 saturated carbocycles. The van der Waals surface area contributed by atoms with Gasteiger partial charge in [0.2, 0.25) is 0 Å². The Morgan fingerprint density at radius 2 is 1.94 bits per heavy atom. The lowest BCUT2D eigenvalue weighted by atomic mass is 9.84. The van der Waals surface area contributed by atoms with Crippen LogP contribution in [0.25, 0.3) is 0 Å². The smallest absolute Gasteiger partial charge is 0.0372 e. The molecule has 0 bridgehead atoms. The zero-order valence-corrected chi connectivity index (χ0v) is 10.7. The molecule has 0 amide bonds. The van der Waals surface area contributed by atoms with Crippen LogP contribution in [0.4, 0.5) is 5.69 Å². The molecule has 1 heteroatoms. The van der Waals surface area contributed by atoms with E-state index in [1.807, 2.05) is 0 Å². The fraction of sp³-hybridized carbons (Fsp3) is 0.625. The van der Waals surface area contributed by atoms with Crippen LogP contribution < -0.4 is 5.32 Å². The van der Waals surface area contributed by atoms with E-state index in [1.165, 1.54) is 57.1 Å². The van der Waals surface area contributed by atoms with Crippen LogP contribution in [0.5, 0.6) is 0 Å². The van der Waals surface area contributed by atoms with Crippen molar-refractivity contribution in [2.75, 3.05) is 11.9 Å². The molecule has 0 spiro atoms. The van der Waals surface area contributed by atoms with Gasteiger partial charge in [-0.05, 0) is 42.4 Å². The summed E-state index contributed by atoms with van der Waals surface area (Å²) in [5.74, 6) is 0.957. The third kappa shape index (κ3) is 2.65. The first-order valence-electron chi connectivity index (χ1n) is 7.27. The van der Waals surface area contributed by atoms with E-state index in [2.05, 4.69) is 23.5 Å². The van der Waals surface area contributed by atoms with Crippen molar-refractivity contribution < 1.29 is 0 Å². The largest absolute Gasteiger partial charge is 0.385 e. The first kappa shape index (κ1) is 11.1. The molecular weight excluding hydrogens is 206 g/mol. The van der Waals surface area contributed by atoms with E-state index in [-0.39, 0.29) is 0 Å². The zero-order valence-electron chi connectivity index (χ0n) is 10.7. The highest BCUT2D eigenvalue weighted by molar-refractivity contribution is 5.54. The average Bonchev–Trinajstić information content (AvgIpc) is 2.40. The molecular formula is C16H23N. The minimum absolute atomic E-state index is 0.957. The Labute approximate surface area is 105 Å². The van der Waals surface area contributed by atoms with Crippen LogP contribution in [-0.4, -0.2) is 6.54 Å². The third-order valence-corrected chi connectivity index (χ3v) is 4.36. The number of anilines is 1. The maximum Gasteiger partial charge on any atom is 0.0372 e. The lowest BCUT2D eigenvalue weighted by Gasteiger charge is -2.23. The van der Waals surface area contributed by atoms with Crippen molar-refractivity contribution in [2.24, 2.45) is 5.92 Å². The molecule has 1 aliphatic carbocycles. The number of hydrogen-bond acceptors (Lipinski definition) is 1. The molecule has 3 rings (SSSR count). The summed E-state index contributed by atoms with van der Waals surface area (Å²) in [5, 5.41) is 3.49. The number of rotatable bonds is 2.